The number of hydrogen-bond donors (Lipinski definition) is 1. The lowest BCUT2D eigenvalue weighted by molar-refractivity contribution is 1.36. The fourth-order valence-corrected chi connectivity index (χ4v) is 2.30. The van der Waals surface area contributed by atoms with Crippen LogP contribution in [0.1, 0.15) is 11.1 Å². The fourth-order valence-electron chi connectivity index (χ4n) is 1.46. The monoisotopic (exact) mass is 240 g/mol. The molecule has 0 bridgehead atoms. The summed E-state index contributed by atoms with van der Waals surface area (Å²) >= 11 is 1.74. The predicted molar refractivity (Wildman–Crippen MR) is 71.6 cm³/mol. The van der Waals surface area contributed by atoms with Gasteiger partial charge < -0.3 is 5.73 Å². The van der Waals surface area contributed by atoms with Gasteiger partial charge in [0.05, 0.1) is 11.6 Å². The second kappa shape index (κ2) is 5.42. The largest absolute Gasteiger partial charge is 0.399 e. The van der Waals surface area contributed by atoms with Gasteiger partial charge in [-0.2, -0.15) is 5.26 Å². The van der Waals surface area contributed by atoms with Gasteiger partial charge in [-0.15, -0.1) is 11.8 Å². The average molecular weight is 240 g/mol. The van der Waals surface area contributed by atoms with Crippen molar-refractivity contribution in [1.82, 2.24) is 0 Å². The Morgan fingerprint density at radius 3 is 2.59 bits per heavy atom. The number of nitriles is 1. The quantitative estimate of drug-likeness (QED) is 0.660. The molecule has 0 saturated heterocycles. The Bertz CT molecular complexity index is 541. The number of nitrogens with zero attached hydrogens (tertiary/aromatic N) is 1. The Morgan fingerprint density at radius 2 is 1.88 bits per heavy atom. The van der Waals surface area contributed by atoms with E-state index in [1.54, 1.807) is 11.8 Å². The van der Waals surface area contributed by atoms with Crippen molar-refractivity contribution in [3.8, 4) is 6.07 Å². The first kappa shape index (κ1) is 11.6. The highest BCUT2D eigenvalue weighted by Gasteiger charge is 1.98. The van der Waals surface area contributed by atoms with Crippen LogP contribution in [0.15, 0.2) is 53.4 Å². The molecule has 0 amide bonds. The molecule has 17 heavy (non-hydrogen) atoms. The maximum Gasteiger partial charge on any atom is 0.0991 e. The van der Waals surface area contributed by atoms with Gasteiger partial charge in [0, 0.05) is 16.3 Å². The molecule has 2 nitrogen and oxygen atoms in total. The van der Waals surface area contributed by atoms with Crippen molar-refractivity contribution in [2.45, 2.75) is 10.6 Å². The number of nitrogen functional groups attached to an aromatic ring is 1. The summed E-state index contributed by atoms with van der Waals surface area (Å²) < 4.78 is 0. The molecule has 0 saturated carbocycles. The molecule has 2 aromatic carbocycles. The van der Waals surface area contributed by atoms with E-state index in [2.05, 4.69) is 6.07 Å². The maximum atomic E-state index is 8.81. The summed E-state index contributed by atoms with van der Waals surface area (Å²) in [4.78, 5) is 1.18. The third kappa shape index (κ3) is 3.27. The van der Waals surface area contributed by atoms with Gasteiger partial charge in [0.25, 0.3) is 0 Å². The molecule has 2 rings (SSSR count). The van der Waals surface area contributed by atoms with Crippen LogP contribution in [0.3, 0.4) is 0 Å². The smallest absolute Gasteiger partial charge is 0.0991 e. The summed E-state index contributed by atoms with van der Waals surface area (Å²) in [5.41, 5.74) is 8.27. The van der Waals surface area contributed by atoms with Crippen LogP contribution in [-0.2, 0) is 5.75 Å². The van der Waals surface area contributed by atoms with E-state index in [9.17, 15) is 0 Å². The second-order valence-corrected chi connectivity index (χ2v) is 4.72. The van der Waals surface area contributed by atoms with E-state index in [-0.39, 0.29) is 0 Å². The van der Waals surface area contributed by atoms with Gasteiger partial charge in [-0.25, -0.2) is 0 Å². The molecule has 0 unspecified atom stereocenters. The van der Waals surface area contributed by atoms with Crippen molar-refractivity contribution >= 4 is 17.4 Å². The van der Waals surface area contributed by atoms with E-state index in [1.165, 1.54) is 4.90 Å². The van der Waals surface area contributed by atoms with Crippen LogP contribution < -0.4 is 5.73 Å². The van der Waals surface area contributed by atoms with Crippen molar-refractivity contribution < 1.29 is 0 Å². The molecule has 0 aliphatic heterocycles. The lowest BCUT2D eigenvalue weighted by atomic mass is 10.2. The van der Waals surface area contributed by atoms with Gasteiger partial charge in [0.15, 0.2) is 0 Å². The van der Waals surface area contributed by atoms with Crippen LogP contribution in [-0.4, -0.2) is 0 Å². The molecule has 0 aromatic heterocycles. The van der Waals surface area contributed by atoms with Crippen LogP contribution in [0, 0.1) is 11.3 Å². The van der Waals surface area contributed by atoms with Gasteiger partial charge in [0.1, 0.15) is 0 Å². The molecule has 0 fully saturated rings. The third-order valence-corrected chi connectivity index (χ3v) is 3.42. The molecule has 2 aromatic rings. The van der Waals surface area contributed by atoms with Crippen molar-refractivity contribution in [2.24, 2.45) is 0 Å². The first-order chi connectivity index (χ1) is 8.28. The summed E-state index contributed by atoms with van der Waals surface area (Å²) in [7, 11) is 0. The van der Waals surface area contributed by atoms with Crippen LogP contribution in [0.2, 0.25) is 0 Å². The van der Waals surface area contributed by atoms with Gasteiger partial charge in [-0.05, 0) is 42.0 Å². The molecule has 2 N–H and O–H groups in total. The number of benzene rings is 2. The van der Waals surface area contributed by atoms with Crippen LogP contribution in [0.25, 0.3) is 0 Å². The van der Waals surface area contributed by atoms with Gasteiger partial charge in [-0.1, -0.05) is 12.1 Å². The Morgan fingerprint density at radius 1 is 1.12 bits per heavy atom. The maximum absolute atomic E-state index is 8.81. The zero-order chi connectivity index (χ0) is 12.1. The van der Waals surface area contributed by atoms with Crippen molar-refractivity contribution in [3.63, 3.8) is 0 Å². The molecule has 84 valence electrons. The molecule has 0 atom stereocenters. The molecular formula is C14H12N2S. The Labute approximate surface area is 105 Å². The molecule has 0 radical (unpaired) electrons. The first-order valence-electron chi connectivity index (χ1n) is 5.25. The van der Waals surface area contributed by atoms with Crippen LogP contribution in [0.4, 0.5) is 5.69 Å². The number of nitrogens with two attached hydrogens (primary N) is 1. The highest BCUT2D eigenvalue weighted by molar-refractivity contribution is 7.98. The zero-order valence-electron chi connectivity index (χ0n) is 9.26. The average Bonchev–Trinajstić information content (AvgIpc) is 2.38. The van der Waals surface area contributed by atoms with E-state index in [1.807, 2.05) is 48.5 Å². The van der Waals surface area contributed by atoms with E-state index < -0.39 is 0 Å². The fraction of sp³-hybridized carbons (Fsp3) is 0.0714. The zero-order valence-corrected chi connectivity index (χ0v) is 10.1. The summed E-state index contributed by atoms with van der Waals surface area (Å²) in [6.07, 6.45) is 0. The van der Waals surface area contributed by atoms with Gasteiger partial charge in [-0.3, -0.25) is 0 Å². The summed E-state index contributed by atoms with van der Waals surface area (Å²) in [6, 6.07) is 17.6. The molecular weight excluding hydrogens is 228 g/mol. The minimum absolute atomic E-state index is 0.709. The minimum Gasteiger partial charge on any atom is -0.399 e. The van der Waals surface area contributed by atoms with E-state index in [4.69, 9.17) is 11.0 Å². The van der Waals surface area contributed by atoms with E-state index >= 15 is 0 Å². The van der Waals surface area contributed by atoms with Crippen molar-refractivity contribution in [2.75, 3.05) is 5.73 Å². The Hall–Kier alpha value is -1.92. The normalized spacial score (nSPS) is 9.82. The Balaban J connectivity index is 2.02. The summed E-state index contributed by atoms with van der Waals surface area (Å²) in [5, 5.41) is 8.81. The highest BCUT2D eigenvalue weighted by atomic mass is 32.2. The topological polar surface area (TPSA) is 49.8 Å². The molecule has 0 heterocycles. The molecule has 0 aliphatic carbocycles. The highest BCUT2D eigenvalue weighted by Crippen LogP contribution is 2.23. The minimum atomic E-state index is 0.709. The first-order valence-corrected chi connectivity index (χ1v) is 6.24. The predicted octanol–water partition coefficient (Wildman–Crippen LogP) is 3.43. The lowest BCUT2D eigenvalue weighted by Crippen LogP contribution is -1.84. The molecule has 0 aliphatic rings. The Kier molecular flexibility index (Phi) is 3.69. The summed E-state index contributed by atoms with van der Waals surface area (Å²) in [5.74, 6) is 0.861. The number of rotatable bonds is 3. The third-order valence-electron chi connectivity index (χ3n) is 2.34. The number of anilines is 1. The molecule has 0 spiro atoms. The van der Waals surface area contributed by atoms with E-state index in [0.717, 1.165) is 17.0 Å². The summed E-state index contributed by atoms with van der Waals surface area (Å²) in [6.45, 7) is 0. The van der Waals surface area contributed by atoms with E-state index in [0.29, 0.717) is 5.56 Å². The SMILES string of the molecule is N#Cc1cccc(CSc2ccc(N)cc2)c1. The van der Waals surface area contributed by atoms with Gasteiger partial charge >= 0.3 is 0 Å². The second-order valence-electron chi connectivity index (χ2n) is 3.67. The lowest BCUT2D eigenvalue weighted by Gasteiger charge is -2.02. The number of hydrogen-bond acceptors (Lipinski definition) is 3. The van der Waals surface area contributed by atoms with Crippen molar-refractivity contribution in [1.29, 1.82) is 5.26 Å². The van der Waals surface area contributed by atoms with Crippen molar-refractivity contribution in [3.05, 3.63) is 59.7 Å². The molecule has 3 heteroatoms. The standard InChI is InChI=1S/C14H12N2S/c15-9-11-2-1-3-12(8-11)10-17-14-6-4-13(16)5-7-14/h1-8H,10,16H2. The van der Waals surface area contributed by atoms with Crippen LogP contribution in [0.5, 0.6) is 0 Å². The van der Waals surface area contributed by atoms with Crippen LogP contribution >= 0.6 is 11.8 Å². The van der Waals surface area contributed by atoms with Gasteiger partial charge in [0.2, 0.25) is 0 Å². The number of thioether (sulfide) groups is 1.